The van der Waals surface area contributed by atoms with Crippen molar-refractivity contribution in [1.29, 1.82) is 0 Å². The lowest BCUT2D eigenvalue weighted by molar-refractivity contribution is -0.384. The number of allylic oxidation sites excluding steroid dienone is 1. The standard InChI is InChI=1S/C21H31N3O5/c1-14(2)13-23(17-6-8-18(28-4)9-7-17)21-19(24(26)27)11-16(12-22-21)15(3)10-20(25)29-5/h10-12,14,17-18H,6-9,13H2,1-5H3/b15-10+. The average molecular weight is 405 g/mol. The first-order chi connectivity index (χ1) is 13.8. The largest absolute Gasteiger partial charge is 0.466 e. The molecule has 1 aliphatic carbocycles. The summed E-state index contributed by atoms with van der Waals surface area (Å²) in [4.78, 5) is 29.5. The molecule has 160 valence electrons. The molecule has 0 N–H and O–H groups in total. The maximum Gasteiger partial charge on any atom is 0.330 e. The van der Waals surface area contributed by atoms with Crippen LogP contribution in [0.15, 0.2) is 18.3 Å². The molecule has 0 aromatic carbocycles. The summed E-state index contributed by atoms with van der Waals surface area (Å²) in [6.07, 6.45) is 6.83. The second kappa shape index (κ2) is 10.3. The van der Waals surface area contributed by atoms with Gasteiger partial charge in [-0.25, -0.2) is 9.78 Å². The minimum absolute atomic E-state index is 0.0466. The lowest BCUT2D eigenvalue weighted by Gasteiger charge is -2.38. The molecular weight excluding hydrogens is 374 g/mol. The van der Waals surface area contributed by atoms with Crippen molar-refractivity contribution in [3.05, 3.63) is 34.0 Å². The molecule has 0 amide bonds. The van der Waals surface area contributed by atoms with E-state index in [4.69, 9.17) is 4.74 Å². The van der Waals surface area contributed by atoms with Crippen molar-refractivity contribution in [1.82, 2.24) is 4.98 Å². The summed E-state index contributed by atoms with van der Waals surface area (Å²) in [6.45, 7) is 6.58. The molecule has 0 atom stereocenters. The number of esters is 1. The first-order valence-corrected chi connectivity index (χ1v) is 9.97. The van der Waals surface area contributed by atoms with Crippen molar-refractivity contribution >= 4 is 23.0 Å². The van der Waals surface area contributed by atoms with E-state index in [0.717, 1.165) is 25.7 Å². The van der Waals surface area contributed by atoms with Gasteiger partial charge in [-0.3, -0.25) is 10.1 Å². The normalized spacial score (nSPS) is 19.9. The van der Waals surface area contributed by atoms with Gasteiger partial charge in [-0.05, 0) is 44.1 Å². The summed E-state index contributed by atoms with van der Waals surface area (Å²) in [6, 6.07) is 1.68. The Kier molecular flexibility index (Phi) is 8.13. The Morgan fingerprint density at radius 3 is 2.52 bits per heavy atom. The maximum atomic E-state index is 11.9. The van der Waals surface area contributed by atoms with Crippen LogP contribution in [0.1, 0.15) is 52.0 Å². The molecule has 2 rings (SSSR count). The van der Waals surface area contributed by atoms with Crippen LogP contribution < -0.4 is 4.90 Å². The summed E-state index contributed by atoms with van der Waals surface area (Å²) in [5, 5.41) is 11.9. The molecule has 1 heterocycles. The molecule has 29 heavy (non-hydrogen) atoms. The van der Waals surface area contributed by atoms with Crippen LogP contribution in [0.3, 0.4) is 0 Å². The highest BCUT2D eigenvalue weighted by Crippen LogP contribution is 2.34. The van der Waals surface area contributed by atoms with Crippen LogP contribution in [0.5, 0.6) is 0 Å². The highest BCUT2D eigenvalue weighted by molar-refractivity contribution is 5.91. The fraction of sp³-hybridized carbons (Fsp3) is 0.619. The molecule has 0 bridgehead atoms. The molecule has 1 aromatic heterocycles. The topological polar surface area (TPSA) is 94.8 Å². The number of carbonyl (C=O) groups is 1. The molecule has 0 unspecified atom stereocenters. The van der Waals surface area contributed by atoms with E-state index in [9.17, 15) is 14.9 Å². The summed E-state index contributed by atoms with van der Waals surface area (Å²) >= 11 is 0. The quantitative estimate of drug-likeness (QED) is 0.279. The zero-order valence-electron chi connectivity index (χ0n) is 17.9. The zero-order chi connectivity index (χ0) is 21.6. The van der Waals surface area contributed by atoms with E-state index in [1.807, 2.05) is 0 Å². The number of aromatic nitrogens is 1. The number of nitro groups is 1. The molecule has 0 spiro atoms. The van der Waals surface area contributed by atoms with E-state index < -0.39 is 10.9 Å². The number of methoxy groups -OCH3 is 2. The highest BCUT2D eigenvalue weighted by Gasteiger charge is 2.31. The SMILES string of the molecule is COC(=O)/C=C(\C)c1cnc(N(CC(C)C)C2CCC(OC)CC2)c([N+](=O)[O-])c1. The predicted molar refractivity (Wildman–Crippen MR) is 112 cm³/mol. The van der Waals surface area contributed by atoms with Crippen LogP contribution in [0.2, 0.25) is 0 Å². The lowest BCUT2D eigenvalue weighted by atomic mass is 9.91. The first kappa shape index (κ1) is 22.8. The molecule has 1 aliphatic rings. The average Bonchev–Trinajstić information content (AvgIpc) is 2.71. The molecule has 0 aliphatic heterocycles. The maximum absolute atomic E-state index is 11.9. The number of nitrogens with zero attached hydrogens (tertiary/aromatic N) is 3. The third-order valence-corrected chi connectivity index (χ3v) is 5.29. The Hall–Kier alpha value is -2.48. The Morgan fingerprint density at radius 1 is 1.34 bits per heavy atom. The Bertz CT molecular complexity index is 755. The van der Waals surface area contributed by atoms with Gasteiger partial charge in [0.25, 0.3) is 0 Å². The fourth-order valence-corrected chi connectivity index (χ4v) is 3.73. The van der Waals surface area contributed by atoms with Crippen molar-refractivity contribution in [2.24, 2.45) is 5.92 Å². The van der Waals surface area contributed by atoms with Gasteiger partial charge in [0.2, 0.25) is 5.82 Å². The fourth-order valence-electron chi connectivity index (χ4n) is 3.73. The van der Waals surface area contributed by atoms with Gasteiger partial charge >= 0.3 is 11.7 Å². The van der Waals surface area contributed by atoms with E-state index >= 15 is 0 Å². The van der Waals surface area contributed by atoms with Gasteiger partial charge in [0, 0.05) is 43.6 Å². The number of hydrogen-bond donors (Lipinski definition) is 0. The molecule has 0 saturated heterocycles. The van der Waals surface area contributed by atoms with Gasteiger partial charge < -0.3 is 14.4 Å². The van der Waals surface area contributed by atoms with Crippen molar-refractivity contribution < 1.29 is 19.2 Å². The number of carbonyl (C=O) groups excluding carboxylic acids is 1. The van der Waals surface area contributed by atoms with Crippen LogP contribution in [-0.4, -0.2) is 48.8 Å². The van der Waals surface area contributed by atoms with E-state index in [1.54, 1.807) is 20.2 Å². The summed E-state index contributed by atoms with van der Waals surface area (Å²) < 4.78 is 10.1. The molecule has 1 aromatic rings. The van der Waals surface area contributed by atoms with Crippen LogP contribution in [-0.2, 0) is 14.3 Å². The van der Waals surface area contributed by atoms with Gasteiger partial charge in [-0.2, -0.15) is 0 Å². The van der Waals surface area contributed by atoms with Crippen LogP contribution >= 0.6 is 0 Å². The van der Waals surface area contributed by atoms with Crippen LogP contribution in [0.4, 0.5) is 11.5 Å². The van der Waals surface area contributed by atoms with Crippen LogP contribution in [0.25, 0.3) is 5.57 Å². The van der Waals surface area contributed by atoms with E-state index in [2.05, 4.69) is 28.5 Å². The van der Waals surface area contributed by atoms with Crippen molar-refractivity contribution in [3.63, 3.8) is 0 Å². The second-order valence-electron chi connectivity index (χ2n) is 7.89. The number of anilines is 1. The number of pyridine rings is 1. The third kappa shape index (κ3) is 6.00. The van der Waals surface area contributed by atoms with Gasteiger partial charge in [0.05, 0.1) is 18.1 Å². The summed E-state index contributed by atoms with van der Waals surface area (Å²) in [5.41, 5.74) is 1.04. The smallest absolute Gasteiger partial charge is 0.330 e. The van der Waals surface area contributed by atoms with E-state index in [-0.39, 0.29) is 17.8 Å². The molecule has 1 fully saturated rings. The van der Waals surface area contributed by atoms with Crippen LogP contribution in [0, 0.1) is 16.0 Å². The molecular formula is C21H31N3O5. The second-order valence-corrected chi connectivity index (χ2v) is 7.89. The first-order valence-electron chi connectivity index (χ1n) is 9.97. The molecule has 8 heteroatoms. The van der Waals surface area contributed by atoms with Crippen molar-refractivity contribution in [2.75, 3.05) is 25.7 Å². The minimum Gasteiger partial charge on any atom is -0.466 e. The van der Waals surface area contributed by atoms with E-state index in [0.29, 0.717) is 29.4 Å². The Morgan fingerprint density at radius 2 is 2.00 bits per heavy atom. The van der Waals surface area contributed by atoms with Crippen molar-refractivity contribution in [2.45, 2.75) is 58.6 Å². The molecule has 1 saturated carbocycles. The lowest BCUT2D eigenvalue weighted by Crippen LogP contribution is -2.42. The summed E-state index contributed by atoms with van der Waals surface area (Å²) in [7, 11) is 3.02. The monoisotopic (exact) mass is 405 g/mol. The zero-order valence-corrected chi connectivity index (χ0v) is 17.9. The highest BCUT2D eigenvalue weighted by atomic mass is 16.6. The van der Waals surface area contributed by atoms with Gasteiger partial charge in [-0.1, -0.05) is 13.8 Å². The van der Waals surface area contributed by atoms with E-state index in [1.165, 1.54) is 19.3 Å². The predicted octanol–water partition coefficient (Wildman–Crippen LogP) is 3.99. The number of rotatable bonds is 8. The number of hydrogen-bond acceptors (Lipinski definition) is 7. The Balaban J connectivity index is 2.41. The summed E-state index contributed by atoms with van der Waals surface area (Å²) in [5.74, 6) is 0.210. The van der Waals surface area contributed by atoms with Gasteiger partial charge in [0.15, 0.2) is 0 Å². The third-order valence-electron chi connectivity index (χ3n) is 5.29. The Labute approximate surface area is 172 Å². The minimum atomic E-state index is -0.509. The number of ether oxygens (including phenoxy) is 2. The van der Waals surface area contributed by atoms with Crippen molar-refractivity contribution in [3.8, 4) is 0 Å². The molecule has 0 radical (unpaired) electrons. The molecule has 8 nitrogen and oxygen atoms in total. The van der Waals surface area contributed by atoms with Gasteiger partial charge in [-0.15, -0.1) is 0 Å². The van der Waals surface area contributed by atoms with Gasteiger partial charge in [0.1, 0.15) is 0 Å².